The maximum absolute atomic E-state index is 5.38. The minimum Gasteiger partial charge on any atom is -0.253 e. The Morgan fingerprint density at radius 1 is 1.00 bits per heavy atom. The lowest BCUT2D eigenvalue weighted by molar-refractivity contribution is 1.29. The molecule has 2 nitrogen and oxygen atoms in total. The topological polar surface area (TPSA) is 25.8 Å². The molecule has 0 saturated heterocycles. The van der Waals surface area contributed by atoms with E-state index in [0.29, 0.717) is 16.6 Å². The molecule has 0 bridgehead atoms. The van der Waals surface area contributed by atoms with Crippen LogP contribution in [0.2, 0.25) is 0 Å². The van der Waals surface area contributed by atoms with Gasteiger partial charge in [0.25, 0.3) is 0 Å². The van der Waals surface area contributed by atoms with Gasteiger partial charge in [0.2, 0.25) is 0 Å². The highest BCUT2D eigenvalue weighted by Gasteiger charge is 2.04. The third kappa shape index (κ3) is 1.11. The zero-order chi connectivity index (χ0) is 9.97. The van der Waals surface area contributed by atoms with E-state index in [1.165, 1.54) is 0 Å². The molecule has 0 N–H and O–H groups in total. The molecule has 0 aliphatic heterocycles. The second-order valence-electron chi connectivity index (χ2n) is 2.70. The van der Waals surface area contributed by atoms with Gasteiger partial charge in [0.15, 0.2) is 0 Å². The largest absolute Gasteiger partial charge is 0.253 e. The van der Waals surface area contributed by atoms with Crippen LogP contribution in [0.25, 0.3) is 11.0 Å². The molecule has 1 heterocycles. The molecule has 0 aliphatic carbocycles. The van der Waals surface area contributed by atoms with Crippen LogP contribution >= 0.6 is 0 Å². The predicted molar refractivity (Wildman–Crippen MR) is 55.4 cm³/mol. The average Bonchev–Trinajstić information content (AvgIpc) is 2.27. The molecule has 2 rings (SSSR count). The van der Waals surface area contributed by atoms with E-state index in [0.717, 1.165) is 5.52 Å². The predicted octanol–water partition coefficient (Wildman–Crippen LogP) is 1.59. The van der Waals surface area contributed by atoms with Crippen molar-refractivity contribution in [1.29, 1.82) is 0 Å². The number of hydrogen-bond acceptors (Lipinski definition) is 2. The Balaban J connectivity index is 2.94. The lowest BCUT2D eigenvalue weighted by atomic mass is 10.1. The first-order valence-corrected chi connectivity index (χ1v) is 4.03. The van der Waals surface area contributed by atoms with E-state index >= 15 is 0 Å². The van der Waals surface area contributed by atoms with Gasteiger partial charge in [-0.1, -0.05) is 11.8 Å². The zero-order valence-electron chi connectivity index (χ0n) is 7.36. The summed E-state index contributed by atoms with van der Waals surface area (Å²) in [5.41, 5.74) is 2.77. The number of nitrogens with zero attached hydrogens (tertiary/aromatic N) is 2. The smallest absolute Gasteiger partial charge is 0.106 e. The maximum atomic E-state index is 5.38. The van der Waals surface area contributed by atoms with Gasteiger partial charge in [-0.2, -0.15) is 0 Å². The number of fused-ring (bicyclic) bond motifs is 1. The van der Waals surface area contributed by atoms with Gasteiger partial charge in [-0.25, -0.2) is 0 Å². The molecule has 0 amide bonds. The van der Waals surface area contributed by atoms with Crippen molar-refractivity contribution >= 4 is 11.0 Å². The van der Waals surface area contributed by atoms with Crippen LogP contribution in [0.3, 0.4) is 0 Å². The molecule has 0 saturated carbocycles. The summed E-state index contributed by atoms with van der Waals surface area (Å²) in [5.74, 6) is 5.07. The van der Waals surface area contributed by atoms with Crippen LogP contribution in [0.4, 0.5) is 0 Å². The number of hydrogen-bond donors (Lipinski definition) is 0. The van der Waals surface area contributed by atoms with E-state index in [-0.39, 0.29) is 0 Å². The van der Waals surface area contributed by atoms with E-state index in [4.69, 9.17) is 12.8 Å². The fourth-order valence-electron chi connectivity index (χ4n) is 1.30. The molecule has 0 fully saturated rings. The molecule has 1 aromatic carbocycles. The second kappa shape index (κ2) is 3.20. The molecule has 2 heteroatoms. The van der Waals surface area contributed by atoms with E-state index in [9.17, 15) is 0 Å². The highest BCUT2D eigenvalue weighted by molar-refractivity contribution is 5.83. The van der Waals surface area contributed by atoms with Crippen molar-refractivity contribution in [2.45, 2.75) is 0 Å². The van der Waals surface area contributed by atoms with Crippen molar-refractivity contribution in [2.75, 3.05) is 0 Å². The SMILES string of the molecule is C#Cc1ccc2nccnc2c1C#C. The van der Waals surface area contributed by atoms with Crippen LogP contribution in [0.15, 0.2) is 24.5 Å². The Hall–Kier alpha value is -2.32. The monoisotopic (exact) mass is 178 g/mol. The summed E-state index contributed by atoms with van der Waals surface area (Å²) in [6.07, 6.45) is 13.9. The summed E-state index contributed by atoms with van der Waals surface area (Å²) in [4.78, 5) is 8.30. The van der Waals surface area contributed by atoms with Crippen molar-refractivity contribution in [3.63, 3.8) is 0 Å². The molecule has 0 unspecified atom stereocenters. The minimum absolute atomic E-state index is 0.637. The van der Waals surface area contributed by atoms with E-state index in [2.05, 4.69) is 21.8 Å². The Kier molecular flexibility index (Phi) is 1.89. The lowest BCUT2D eigenvalue weighted by Crippen LogP contribution is -1.90. The molecule has 64 valence electrons. The van der Waals surface area contributed by atoms with Gasteiger partial charge in [-0.15, -0.1) is 12.8 Å². The van der Waals surface area contributed by atoms with E-state index < -0.39 is 0 Å². The average molecular weight is 178 g/mol. The van der Waals surface area contributed by atoms with Gasteiger partial charge in [-0.3, -0.25) is 9.97 Å². The van der Waals surface area contributed by atoms with Gasteiger partial charge >= 0.3 is 0 Å². The summed E-state index contributed by atoms with van der Waals surface area (Å²) >= 11 is 0. The normalized spacial score (nSPS) is 9.29. The molecule has 0 atom stereocenters. The maximum Gasteiger partial charge on any atom is 0.106 e. The Labute approximate surface area is 82.0 Å². The number of rotatable bonds is 0. The summed E-state index contributed by atoms with van der Waals surface area (Å²) in [7, 11) is 0. The first-order valence-electron chi connectivity index (χ1n) is 4.03. The fourth-order valence-corrected chi connectivity index (χ4v) is 1.30. The third-order valence-electron chi connectivity index (χ3n) is 1.94. The molecular weight excluding hydrogens is 172 g/mol. The molecule has 14 heavy (non-hydrogen) atoms. The number of terminal acetylenes is 2. The molecular formula is C12H6N2. The molecule has 1 aromatic heterocycles. The van der Waals surface area contributed by atoms with E-state index in [1.54, 1.807) is 18.5 Å². The molecule has 0 radical (unpaired) electrons. The van der Waals surface area contributed by atoms with Crippen molar-refractivity contribution in [2.24, 2.45) is 0 Å². The summed E-state index contributed by atoms with van der Waals surface area (Å²) in [6, 6.07) is 3.60. The standard InChI is InChI=1S/C12H6N2/c1-3-9-5-6-11-12(10(9)4-2)14-8-7-13-11/h1-2,5-8H. The summed E-state index contributed by atoms with van der Waals surface area (Å²) < 4.78 is 0. The Morgan fingerprint density at radius 3 is 2.50 bits per heavy atom. The van der Waals surface area contributed by atoms with Gasteiger partial charge < -0.3 is 0 Å². The van der Waals surface area contributed by atoms with E-state index in [1.807, 2.05) is 6.07 Å². The van der Waals surface area contributed by atoms with Crippen LogP contribution in [-0.4, -0.2) is 9.97 Å². The van der Waals surface area contributed by atoms with Crippen molar-refractivity contribution in [1.82, 2.24) is 9.97 Å². The molecule has 0 spiro atoms. The van der Waals surface area contributed by atoms with Crippen molar-refractivity contribution < 1.29 is 0 Å². The summed E-state index contributed by atoms with van der Waals surface area (Å²) in [6.45, 7) is 0. The van der Waals surface area contributed by atoms with Crippen LogP contribution in [-0.2, 0) is 0 Å². The lowest BCUT2D eigenvalue weighted by Gasteiger charge is -2.00. The van der Waals surface area contributed by atoms with Gasteiger partial charge in [0, 0.05) is 18.0 Å². The fraction of sp³-hybridized carbons (Fsp3) is 0. The van der Waals surface area contributed by atoms with Crippen molar-refractivity contribution in [3.8, 4) is 24.7 Å². The Bertz CT molecular complexity index is 571. The van der Waals surface area contributed by atoms with Gasteiger partial charge in [0.1, 0.15) is 5.52 Å². The number of benzene rings is 1. The first kappa shape index (κ1) is 8.29. The van der Waals surface area contributed by atoms with Crippen LogP contribution in [0.5, 0.6) is 0 Å². The highest BCUT2D eigenvalue weighted by atomic mass is 14.8. The minimum atomic E-state index is 0.637. The zero-order valence-corrected chi connectivity index (χ0v) is 7.36. The first-order chi connectivity index (χ1) is 6.86. The number of aromatic nitrogens is 2. The second-order valence-corrected chi connectivity index (χ2v) is 2.70. The van der Waals surface area contributed by atoms with Crippen LogP contribution in [0, 0.1) is 24.7 Å². The molecule has 0 aliphatic rings. The Morgan fingerprint density at radius 2 is 1.79 bits per heavy atom. The van der Waals surface area contributed by atoms with Gasteiger partial charge in [-0.05, 0) is 12.1 Å². The molecule has 2 aromatic rings. The van der Waals surface area contributed by atoms with Crippen molar-refractivity contribution in [3.05, 3.63) is 35.7 Å². The quantitative estimate of drug-likeness (QED) is 0.572. The van der Waals surface area contributed by atoms with Gasteiger partial charge in [0.05, 0.1) is 11.1 Å². The summed E-state index contributed by atoms with van der Waals surface area (Å²) in [5, 5.41) is 0. The third-order valence-corrected chi connectivity index (χ3v) is 1.94. The highest BCUT2D eigenvalue weighted by Crippen LogP contribution is 2.16. The van der Waals surface area contributed by atoms with Crippen LogP contribution < -0.4 is 0 Å². The van der Waals surface area contributed by atoms with Crippen LogP contribution in [0.1, 0.15) is 11.1 Å².